The van der Waals surface area contributed by atoms with Crippen LogP contribution in [0.4, 0.5) is 5.69 Å². The average molecular weight is 456 g/mol. The number of fused-ring (bicyclic) bond motifs is 3. The summed E-state index contributed by atoms with van der Waals surface area (Å²) in [6.45, 7) is 2.20. The number of carbonyl (C=O) groups is 1. The number of rotatable bonds is 3. The lowest BCUT2D eigenvalue weighted by molar-refractivity contribution is 0.0939. The van der Waals surface area contributed by atoms with Gasteiger partial charge < -0.3 is 10.2 Å². The van der Waals surface area contributed by atoms with Gasteiger partial charge in [0.1, 0.15) is 0 Å². The fourth-order valence-corrected chi connectivity index (χ4v) is 5.95. The number of nitrogens with zero attached hydrogens (tertiary/aromatic N) is 2. The Kier molecular flexibility index (Phi) is 5.07. The van der Waals surface area contributed by atoms with E-state index >= 15 is 0 Å². The van der Waals surface area contributed by atoms with Crippen molar-refractivity contribution < 1.29 is 13.2 Å². The molecule has 0 aromatic heterocycles. The fraction of sp³-hybridized carbons (Fsp3) is 0.222. The largest absolute Gasteiger partial charge is 0.345 e. The Balaban J connectivity index is 1.55. The smallest absolute Gasteiger partial charge is 0.257 e. The minimum atomic E-state index is -3.41. The molecular weight excluding hydrogens is 441 g/mol. The molecular formula is C18H15Cl2N3O3S2. The van der Waals surface area contributed by atoms with Gasteiger partial charge >= 0.3 is 0 Å². The Hall–Kier alpha value is -1.74. The van der Waals surface area contributed by atoms with Crippen LogP contribution in [0.3, 0.4) is 0 Å². The predicted octanol–water partition coefficient (Wildman–Crippen LogP) is 4.10. The molecule has 0 saturated heterocycles. The molecule has 0 unspecified atom stereocenters. The number of carbonyl (C=O) groups excluding carboxylic acids is 1. The van der Waals surface area contributed by atoms with Crippen LogP contribution in [0.1, 0.15) is 28.9 Å². The van der Waals surface area contributed by atoms with Crippen molar-refractivity contribution in [1.29, 1.82) is 0 Å². The van der Waals surface area contributed by atoms with E-state index in [0.29, 0.717) is 27.3 Å². The molecule has 4 rings (SSSR count). The van der Waals surface area contributed by atoms with Gasteiger partial charge in [-0.25, -0.2) is 8.42 Å². The van der Waals surface area contributed by atoms with Crippen LogP contribution in [0.25, 0.3) is 0 Å². The number of hydrogen-bond acceptors (Lipinski definition) is 5. The SMILES string of the molecule is C[C@@H](NC(=O)c1ccc2c(c1)SC1=NS(=O)(=O)CCN12)c1ccc(Cl)cc1Cl. The average Bonchev–Trinajstić information content (AvgIpc) is 2.96. The third-order valence-electron chi connectivity index (χ3n) is 4.51. The molecule has 0 saturated carbocycles. The van der Waals surface area contributed by atoms with Gasteiger partial charge in [-0.1, -0.05) is 29.3 Å². The zero-order valence-corrected chi connectivity index (χ0v) is 17.8. The van der Waals surface area contributed by atoms with Gasteiger partial charge in [0.15, 0.2) is 5.17 Å². The van der Waals surface area contributed by atoms with Crippen LogP contribution in [-0.2, 0) is 10.0 Å². The molecule has 2 aromatic carbocycles. The van der Waals surface area contributed by atoms with Crippen molar-refractivity contribution in [3.8, 4) is 0 Å². The molecule has 10 heteroatoms. The Morgan fingerprint density at radius 3 is 2.79 bits per heavy atom. The van der Waals surface area contributed by atoms with Crippen LogP contribution < -0.4 is 10.2 Å². The summed E-state index contributed by atoms with van der Waals surface area (Å²) in [5.41, 5.74) is 2.11. The molecule has 2 aliphatic rings. The van der Waals surface area contributed by atoms with E-state index in [4.69, 9.17) is 23.2 Å². The van der Waals surface area contributed by atoms with E-state index in [-0.39, 0.29) is 17.7 Å². The second kappa shape index (κ2) is 7.26. The van der Waals surface area contributed by atoms with Crippen LogP contribution in [0.2, 0.25) is 10.0 Å². The van der Waals surface area contributed by atoms with Gasteiger partial charge in [0, 0.05) is 27.0 Å². The van der Waals surface area contributed by atoms with Crippen molar-refractivity contribution in [3.63, 3.8) is 0 Å². The quantitative estimate of drug-likeness (QED) is 0.753. The van der Waals surface area contributed by atoms with Crippen LogP contribution in [0.5, 0.6) is 0 Å². The van der Waals surface area contributed by atoms with Crippen molar-refractivity contribution >= 4 is 61.7 Å². The molecule has 2 heterocycles. The topological polar surface area (TPSA) is 78.8 Å². The number of amidine groups is 1. The van der Waals surface area contributed by atoms with E-state index < -0.39 is 10.0 Å². The summed E-state index contributed by atoms with van der Waals surface area (Å²) in [7, 11) is -3.41. The van der Waals surface area contributed by atoms with Gasteiger partial charge in [-0.05, 0) is 54.6 Å². The molecule has 0 bridgehead atoms. The molecule has 1 N–H and O–H groups in total. The second-order valence-electron chi connectivity index (χ2n) is 6.46. The number of anilines is 1. The summed E-state index contributed by atoms with van der Waals surface area (Å²) in [4.78, 5) is 15.4. The molecule has 0 radical (unpaired) electrons. The maximum absolute atomic E-state index is 12.7. The maximum atomic E-state index is 12.7. The Morgan fingerprint density at radius 2 is 2.04 bits per heavy atom. The minimum absolute atomic E-state index is 0.0158. The third-order valence-corrected chi connectivity index (χ3v) is 7.38. The zero-order valence-electron chi connectivity index (χ0n) is 14.6. The third kappa shape index (κ3) is 3.74. The first kappa shape index (κ1) is 19.6. The van der Waals surface area contributed by atoms with E-state index in [9.17, 15) is 13.2 Å². The lowest BCUT2D eigenvalue weighted by Crippen LogP contribution is -2.35. The molecule has 2 aliphatic heterocycles. The number of nitrogens with one attached hydrogen (secondary N) is 1. The summed E-state index contributed by atoms with van der Waals surface area (Å²) < 4.78 is 27.2. The molecule has 1 amide bonds. The standard InChI is InChI=1S/C18H15Cl2N3O3S2/c1-10(13-4-3-12(19)9-14(13)20)21-17(24)11-2-5-15-16(8-11)27-18-22-28(25,26)7-6-23(15)18/h2-5,8-10H,6-7H2,1H3,(H,21,24)/t10-/m1/s1. The van der Waals surface area contributed by atoms with Crippen LogP contribution in [-0.4, -0.2) is 31.8 Å². The van der Waals surface area contributed by atoms with Crippen molar-refractivity contribution in [2.45, 2.75) is 17.9 Å². The van der Waals surface area contributed by atoms with E-state index in [0.717, 1.165) is 16.1 Å². The monoisotopic (exact) mass is 455 g/mol. The first-order valence-electron chi connectivity index (χ1n) is 8.41. The molecule has 0 spiro atoms. The number of thioether (sulfide) groups is 1. The van der Waals surface area contributed by atoms with E-state index in [1.54, 1.807) is 30.3 Å². The van der Waals surface area contributed by atoms with Crippen LogP contribution >= 0.6 is 35.0 Å². The van der Waals surface area contributed by atoms with E-state index in [1.807, 2.05) is 17.9 Å². The first-order valence-corrected chi connectivity index (χ1v) is 11.6. The predicted molar refractivity (Wildman–Crippen MR) is 113 cm³/mol. The van der Waals surface area contributed by atoms with Gasteiger partial charge in [0.05, 0.1) is 17.5 Å². The number of sulfonamides is 1. The summed E-state index contributed by atoms with van der Waals surface area (Å²) in [6, 6.07) is 10.1. The molecule has 2 aromatic rings. The molecule has 28 heavy (non-hydrogen) atoms. The highest BCUT2D eigenvalue weighted by Crippen LogP contribution is 2.42. The van der Waals surface area contributed by atoms with Crippen molar-refractivity contribution in [2.75, 3.05) is 17.2 Å². The maximum Gasteiger partial charge on any atom is 0.257 e. The Morgan fingerprint density at radius 1 is 1.25 bits per heavy atom. The van der Waals surface area contributed by atoms with Gasteiger partial charge in [-0.2, -0.15) is 0 Å². The summed E-state index contributed by atoms with van der Waals surface area (Å²) >= 11 is 13.4. The summed E-state index contributed by atoms with van der Waals surface area (Å²) in [5, 5.41) is 4.37. The first-order chi connectivity index (χ1) is 13.2. The van der Waals surface area contributed by atoms with Crippen LogP contribution in [0.15, 0.2) is 45.7 Å². The zero-order chi connectivity index (χ0) is 20.1. The number of benzene rings is 2. The molecule has 6 nitrogen and oxygen atoms in total. The highest BCUT2D eigenvalue weighted by Gasteiger charge is 2.33. The Bertz CT molecular complexity index is 1120. The highest BCUT2D eigenvalue weighted by molar-refractivity contribution is 8.15. The second-order valence-corrected chi connectivity index (χ2v) is 10.1. The van der Waals surface area contributed by atoms with Gasteiger partial charge in [0.25, 0.3) is 15.9 Å². The molecule has 146 valence electrons. The van der Waals surface area contributed by atoms with E-state index in [2.05, 4.69) is 9.71 Å². The lowest BCUT2D eigenvalue weighted by Gasteiger charge is -2.22. The molecule has 1 atom stereocenters. The fourth-order valence-electron chi connectivity index (χ4n) is 3.08. The minimum Gasteiger partial charge on any atom is -0.345 e. The highest BCUT2D eigenvalue weighted by atomic mass is 35.5. The lowest BCUT2D eigenvalue weighted by atomic mass is 10.1. The van der Waals surface area contributed by atoms with Crippen LogP contribution in [0, 0.1) is 0 Å². The van der Waals surface area contributed by atoms with Crippen molar-refractivity contribution in [3.05, 3.63) is 57.6 Å². The van der Waals surface area contributed by atoms with Gasteiger partial charge in [-0.3, -0.25) is 4.79 Å². The van der Waals surface area contributed by atoms with Crippen molar-refractivity contribution in [1.82, 2.24) is 5.32 Å². The van der Waals surface area contributed by atoms with Gasteiger partial charge in [0.2, 0.25) is 0 Å². The summed E-state index contributed by atoms with van der Waals surface area (Å²) in [5.74, 6) is -0.265. The van der Waals surface area contributed by atoms with E-state index in [1.165, 1.54) is 11.8 Å². The summed E-state index contributed by atoms with van der Waals surface area (Å²) in [6.07, 6.45) is 0. The Labute approximate surface area is 177 Å². The molecule has 0 aliphatic carbocycles. The van der Waals surface area contributed by atoms with Gasteiger partial charge in [-0.15, -0.1) is 4.40 Å². The van der Waals surface area contributed by atoms with Crippen molar-refractivity contribution in [2.24, 2.45) is 4.40 Å². The number of halogens is 2. The normalized spacial score (nSPS) is 18.1. The number of hydrogen-bond donors (Lipinski definition) is 1. The number of amides is 1. The molecule has 0 fully saturated rings.